The SMILES string of the molecule is COc1ccc2c(c1)CC(=O)c1cccnc1O2. The number of Topliss-reactive ketones (excluding diaryl/α,β-unsaturated/α-hetero) is 1. The number of rotatable bonds is 1. The van der Waals surface area contributed by atoms with E-state index in [1.54, 1.807) is 37.6 Å². The molecule has 4 heteroatoms. The van der Waals surface area contributed by atoms with Gasteiger partial charge in [0.2, 0.25) is 5.88 Å². The van der Waals surface area contributed by atoms with E-state index >= 15 is 0 Å². The molecule has 2 aromatic rings. The van der Waals surface area contributed by atoms with Crippen LogP contribution in [0.4, 0.5) is 0 Å². The summed E-state index contributed by atoms with van der Waals surface area (Å²) in [5, 5.41) is 0. The van der Waals surface area contributed by atoms with E-state index in [-0.39, 0.29) is 5.78 Å². The second-order valence-electron chi connectivity index (χ2n) is 4.03. The smallest absolute Gasteiger partial charge is 0.230 e. The minimum atomic E-state index is 0.00473. The van der Waals surface area contributed by atoms with Crippen molar-refractivity contribution in [2.45, 2.75) is 6.42 Å². The van der Waals surface area contributed by atoms with Gasteiger partial charge in [-0.1, -0.05) is 0 Å². The molecule has 0 saturated carbocycles. The summed E-state index contributed by atoms with van der Waals surface area (Å²) in [7, 11) is 1.59. The molecule has 0 saturated heterocycles. The van der Waals surface area contributed by atoms with Crippen molar-refractivity contribution in [1.82, 2.24) is 4.98 Å². The maximum Gasteiger partial charge on any atom is 0.230 e. The molecule has 0 N–H and O–H groups in total. The topological polar surface area (TPSA) is 48.4 Å². The van der Waals surface area contributed by atoms with Crippen LogP contribution < -0.4 is 9.47 Å². The lowest BCUT2D eigenvalue weighted by Gasteiger charge is -2.08. The highest BCUT2D eigenvalue weighted by molar-refractivity contribution is 6.00. The van der Waals surface area contributed by atoms with Crippen molar-refractivity contribution in [1.29, 1.82) is 0 Å². The molecule has 18 heavy (non-hydrogen) atoms. The third-order valence-corrected chi connectivity index (χ3v) is 2.90. The second kappa shape index (κ2) is 4.14. The van der Waals surface area contributed by atoms with E-state index in [9.17, 15) is 4.79 Å². The third kappa shape index (κ3) is 1.72. The molecule has 90 valence electrons. The summed E-state index contributed by atoms with van der Waals surface area (Å²) < 4.78 is 10.8. The summed E-state index contributed by atoms with van der Waals surface area (Å²) in [6.07, 6.45) is 1.91. The van der Waals surface area contributed by atoms with Crippen LogP contribution >= 0.6 is 0 Å². The van der Waals surface area contributed by atoms with E-state index in [0.717, 1.165) is 5.56 Å². The number of ether oxygens (including phenoxy) is 2. The van der Waals surface area contributed by atoms with Gasteiger partial charge in [-0.3, -0.25) is 4.79 Å². The van der Waals surface area contributed by atoms with Crippen molar-refractivity contribution in [3.8, 4) is 17.4 Å². The highest BCUT2D eigenvalue weighted by Gasteiger charge is 2.22. The molecular formula is C14H11NO3. The molecule has 0 fully saturated rings. The molecule has 4 nitrogen and oxygen atoms in total. The van der Waals surface area contributed by atoms with Crippen molar-refractivity contribution < 1.29 is 14.3 Å². The summed E-state index contributed by atoms with van der Waals surface area (Å²) in [6, 6.07) is 8.88. The van der Waals surface area contributed by atoms with Crippen LogP contribution in [0.15, 0.2) is 36.5 Å². The van der Waals surface area contributed by atoms with Gasteiger partial charge in [-0.25, -0.2) is 4.98 Å². The zero-order valence-corrected chi connectivity index (χ0v) is 9.84. The Bertz CT molecular complexity index is 622. The van der Waals surface area contributed by atoms with Gasteiger partial charge in [0.05, 0.1) is 12.7 Å². The number of benzene rings is 1. The zero-order valence-electron chi connectivity index (χ0n) is 9.84. The first-order valence-corrected chi connectivity index (χ1v) is 5.61. The van der Waals surface area contributed by atoms with E-state index < -0.39 is 0 Å². The molecule has 0 unspecified atom stereocenters. The number of hydrogen-bond donors (Lipinski definition) is 0. The standard InChI is InChI=1S/C14H11NO3/c1-17-10-4-5-13-9(7-10)8-12(16)11-3-2-6-15-14(11)18-13/h2-7H,8H2,1H3. The van der Waals surface area contributed by atoms with Gasteiger partial charge in [0.1, 0.15) is 11.5 Å². The van der Waals surface area contributed by atoms with Gasteiger partial charge in [-0.05, 0) is 30.3 Å². The molecule has 1 aromatic carbocycles. The summed E-state index contributed by atoms with van der Waals surface area (Å²) in [4.78, 5) is 16.2. The fourth-order valence-electron chi connectivity index (χ4n) is 1.98. The first kappa shape index (κ1) is 10.8. The van der Waals surface area contributed by atoms with E-state index in [4.69, 9.17) is 9.47 Å². The van der Waals surface area contributed by atoms with Crippen LogP contribution in [0.25, 0.3) is 0 Å². The molecule has 0 bridgehead atoms. The van der Waals surface area contributed by atoms with E-state index in [2.05, 4.69) is 4.98 Å². The van der Waals surface area contributed by atoms with E-state index in [0.29, 0.717) is 29.4 Å². The van der Waals surface area contributed by atoms with Crippen LogP contribution in [0.2, 0.25) is 0 Å². The van der Waals surface area contributed by atoms with Crippen LogP contribution in [0, 0.1) is 0 Å². The quantitative estimate of drug-likeness (QED) is 0.770. The Morgan fingerprint density at radius 3 is 3.06 bits per heavy atom. The molecule has 1 aromatic heterocycles. The van der Waals surface area contributed by atoms with Gasteiger partial charge >= 0.3 is 0 Å². The van der Waals surface area contributed by atoms with Gasteiger partial charge < -0.3 is 9.47 Å². The fraction of sp³-hybridized carbons (Fsp3) is 0.143. The van der Waals surface area contributed by atoms with Gasteiger partial charge in [0.15, 0.2) is 5.78 Å². The first-order chi connectivity index (χ1) is 8.78. The lowest BCUT2D eigenvalue weighted by atomic mass is 10.0. The number of fused-ring (bicyclic) bond motifs is 2. The minimum Gasteiger partial charge on any atom is -0.497 e. The van der Waals surface area contributed by atoms with Crippen molar-refractivity contribution in [2.75, 3.05) is 7.11 Å². The Morgan fingerprint density at radius 1 is 1.33 bits per heavy atom. The van der Waals surface area contributed by atoms with Crippen LogP contribution in [0.1, 0.15) is 15.9 Å². The Hall–Kier alpha value is -2.36. The maximum absolute atomic E-state index is 12.1. The molecule has 0 aliphatic carbocycles. The normalized spacial score (nSPS) is 13.1. The Kier molecular flexibility index (Phi) is 2.48. The van der Waals surface area contributed by atoms with Crippen LogP contribution in [0.3, 0.4) is 0 Å². The predicted molar refractivity (Wildman–Crippen MR) is 65.3 cm³/mol. The molecule has 3 rings (SSSR count). The monoisotopic (exact) mass is 241 g/mol. The number of nitrogens with zero attached hydrogens (tertiary/aromatic N) is 1. The predicted octanol–water partition coefficient (Wildman–Crippen LogP) is 2.62. The summed E-state index contributed by atoms with van der Waals surface area (Å²) in [5.41, 5.74) is 1.34. The van der Waals surface area contributed by atoms with Crippen LogP contribution in [0.5, 0.6) is 17.4 Å². The number of pyridine rings is 1. The molecular weight excluding hydrogens is 230 g/mol. The molecule has 1 aliphatic rings. The van der Waals surface area contributed by atoms with Gasteiger partial charge in [-0.15, -0.1) is 0 Å². The molecule has 1 aliphatic heterocycles. The summed E-state index contributed by atoms with van der Waals surface area (Å²) in [5.74, 6) is 1.74. The number of carbonyl (C=O) groups is 1. The Balaban J connectivity index is 2.12. The average molecular weight is 241 g/mol. The van der Waals surface area contributed by atoms with E-state index in [1.807, 2.05) is 6.07 Å². The Morgan fingerprint density at radius 2 is 2.22 bits per heavy atom. The number of aromatic nitrogens is 1. The molecule has 0 amide bonds. The third-order valence-electron chi connectivity index (χ3n) is 2.90. The van der Waals surface area contributed by atoms with Gasteiger partial charge in [-0.2, -0.15) is 0 Å². The van der Waals surface area contributed by atoms with Crippen molar-refractivity contribution in [3.63, 3.8) is 0 Å². The molecule has 0 atom stereocenters. The van der Waals surface area contributed by atoms with E-state index in [1.165, 1.54) is 0 Å². The van der Waals surface area contributed by atoms with Crippen molar-refractivity contribution in [3.05, 3.63) is 47.7 Å². The summed E-state index contributed by atoms with van der Waals surface area (Å²) in [6.45, 7) is 0. The number of methoxy groups -OCH3 is 1. The maximum atomic E-state index is 12.1. The Labute approximate surface area is 104 Å². The van der Waals surface area contributed by atoms with Crippen molar-refractivity contribution in [2.24, 2.45) is 0 Å². The van der Waals surface area contributed by atoms with Gasteiger partial charge in [0, 0.05) is 18.2 Å². The lowest BCUT2D eigenvalue weighted by molar-refractivity contribution is 0.0993. The average Bonchev–Trinajstić information content (AvgIpc) is 2.54. The van der Waals surface area contributed by atoms with Crippen LogP contribution in [-0.2, 0) is 6.42 Å². The number of carbonyl (C=O) groups excluding carboxylic acids is 1. The lowest BCUT2D eigenvalue weighted by Crippen LogP contribution is -2.02. The fourth-order valence-corrected chi connectivity index (χ4v) is 1.98. The van der Waals surface area contributed by atoms with Gasteiger partial charge in [0.25, 0.3) is 0 Å². The first-order valence-electron chi connectivity index (χ1n) is 5.61. The molecule has 0 radical (unpaired) electrons. The zero-order chi connectivity index (χ0) is 12.5. The summed E-state index contributed by atoms with van der Waals surface area (Å²) >= 11 is 0. The molecule has 0 spiro atoms. The second-order valence-corrected chi connectivity index (χ2v) is 4.03. The highest BCUT2D eigenvalue weighted by Crippen LogP contribution is 2.33. The highest BCUT2D eigenvalue weighted by atomic mass is 16.5. The largest absolute Gasteiger partial charge is 0.497 e. The van der Waals surface area contributed by atoms with Crippen molar-refractivity contribution >= 4 is 5.78 Å². The number of ketones is 1. The minimum absolute atomic E-state index is 0.00473. The van der Waals surface area contributed by atoms with Crippen LogP contribution in [-0.4, -0.2) is 17.9 Å². The molecule has 2 heterocycles. The number of hydrogen-bond acceptors (Lipinski definition) is 4.